The van der Waals surface area contributed by atoms with Crippen LogP contribution in [0.5, 0.6) is 5.75 Å². The van der Waals surface area contributed by atoms with Crippen molar-refractivity contribution in [2.75, 3.05) is 19.2 Å². The topological polar surface area (TPSA) is 67.6 Å². The minimum atomic E-state index is -0.514. The van der Waals surface area contributed by atoms with E-state index in [4.69, 9.17) is 10.6 Å². The van der Waals surface area contributed by atoms with Crippen LogP contribution < -0.4 is 20.9 Å². The Kier molecular flexibility index (Phi) is 3.46. The van der Waals surface area contributed by atoms with E-state index < -0.39 is 11.8 Å². The van der Waals surface area contributed by atoms with Crippen LogP contribution in [0.3, 0.4) is 0 Å². The molecule has 15 heavy (non-hydrogen) atoms. The summed E-state index contributed by atoms with van der Waals surface area (Å²) in [4.78, 5) is 11.2. The maximum atomic E-state index is 12.8. The average molecular weight is 213 g/mol. The van der Waals surface area contributed by atoms with Gasteiger partial charge >= 0.3 is 6.03 Å². The van der Waals surface area contributed by atoms with Crippen molar-refractivity contribution in [1.29, 1.82) is 0 Å². The Morgan fingerprint density at radius 2 is 2.27 bits per heavy atom. The van der Waals surface area contributed by atoms with Gasteiger partial charge in [0.25, 0.3) is 0 Å². The van der Waals surface area contributed by atoms with Gasteiger partial charge in [0.05, 0.1) is 7.11 Å². The highest BCUT2D eigenvalue weighted by molar-refractivity contribution is 5.92. The first-order valence-corrected chi connectivity index (χ1v) is 4.20. The molecular weight excluding hydrogens is 201 g/mol. The van der Waals surface area contributed by atoms with Gasteiger partial charge < -0.3 is 10.1 Å². The molecule has 0 heterocycles. The molecule has 5 nitrogen and oxygen atoms in total. The van der Waals surface area contributed by atoms with E-state index in [1.165, 1.54) is 26.3 Å². The Morgan fingerprint density at radius 3 is 2.80 bits per heavy atom. The fourth-order valence-corrected chi connectivity index (χ4v) is 1.08. The minimum Gasteiger partial charge on any atom is -0.494 e. The van der Waals surface area contributed by atoms with Crippen molar-refractivity contribution in [2.45, 2.75) is 0 Å². The highest BCUT2D eigenvalue weighted by Crippen LogP contribution is 2.27. The molecule has 0 aliphatic heterocycles. The molecule has 1 aromatic carbocycles. The number of anilines is 1. The van der Waals surface area contributed by atoms with Crippen molar-refractivity contribution in [3.8, 4) is 5.75 Å². The third-order valence-electron chi connectivity index (χ3n) is 1.83. The molecule has 0 unspecified atom stereocenters. The molecule has 0 aliphatic carbocycles. The molecule has 3 N–H and O–H groups in total. The Hall–Kier alpha value is -1.82. The molecule has 0 saturated heterocycles. The first-order chi connectivity index (χ1) is 7.10. The highest BCUT2D eigenvalue weighted by atomic mass is 19.1. The number of ether oxygens (including phenoxy) is 1. The van der Waals surface area contributed by atoms with Gasteiger partial charge in [0.2, 0.25) is 0 Å². The predicted molar refractivity (Wildman–Crippen MR) is 54.1 cm³/mol. The number of hydrogen-bond acceptors (Lipinski definition) is 3. The van der Waals surface area contributed by atoms with Gasteiger partial charge in [-0.3, -0.25) is 0 Å². The Labute approximate surface area is 86.6 Å². The molecule has 0 atom stereocenters. The van der Waals surface area contributed by atoms with E-state index >= 15 is 0 Å². The molecule has 0 saturated carbocycles. The molecule has 0 spiro atoms. The number of urea groups is 1. The van der Waals surface area contributed by atoms with E-state index in [-0.39, 0.29) is 5.75 Å². The van der Waals surface area contributed by atoms with E-state index in [9.17, 15) is 9.18 Å². The van der Waals surface area contributed by atoms with Gasteiger partial charge in [0.1, 0.15) is 17.3 Å². The summed E-state index contributed by atoms with van der Waals surface area (Å²) in [6.07, 6.45) is 0. The number of hydrazine groups is 1. The standard InChI is InChI=1S/C9H12FN3O2/c1-12-9(14)13(11)7-4-3-6(10)5-8(7)15-2/h3-5H,11H2,1-2H3,(H,12,14). The number of nitrogens with two attached hydrogens (primary N) is 1. The Balaban J connectivity index is 3.07. The van der Waals surface area contributed by atoms with Gasteiger partial charge in [0.15, 0.2) is 0 Å². The molecule has 0 radical (unpaired) electrons. The summed E-state index contributed by atoms with van der Waals surface area (Å²) >= 11 is 0. The van der Waals surface area contributed by atoms with Crippen molar-refractivity contribution in [3.05, 3.63) is 24.0 Å². The van der Waals surface area contributed by atoms with Crippen LogP contribution in [0, 0.1) is 5.82 Å². The molecule has 82 valence electrons. The second-order valence-corrected chi connectivity index (χ2v) is 2.74. The maximum Gasteiger partial charge on any atom is 0.336 e. The van der Waals surface area contributed by atoms with E-state index in [2.05, 4.69) is 5.32 Å². The van der Waals surface area contributed by atoms with Crippen molar-refractivity contribution in [3.63, 3.8) is 0 Å². The van der Waals surface area contributed by atoms with Crippen molar-refractivity contribution in [2.24, 2.45) is 5.84 Å². The van der Waals surface area contributed by atoms with E-state index in [1.54, 1.807) is 0 Å². The third-order valence-corrected chi connectivity index (χ3v) is 1.83. The number of nitrogens with zero attached hydrogens (tertiary/aromatic N) is 1. The quantitative estimate of drug-likeness (QED) is 0.435. The molecular formula is C9H12FN3O2. The smallest absolute Gasteiger partial charge is 0.336 e. The Bertz CT molecular complexity index is 370. The van der Waals surface area contributed by atoms with E-state index in [0.29, 0.717) is 5.69 Å². The fourth-order valence-electron chi connectivity index (χ4n) is 1.08. The van der Waals surface area contributed by atoms with Crippen LogP contribution in [0.15, 0.2) is 18.2 Å². The summed E-state index contributed by atoms with van der Waals surface area (Å²) in [6.45, 7) is 0. The third kappa shape index (κ3) is 2.35. The molecule has 0 fully saturated rings. The lowest BCUT2D eigenvalue weighted by Gasteiger charge is -2.18. The molecule has 0 aliphatic rings. The van der Waals surface area contributed by atoms with E-state index in [1.807, 2.05) is 0 Å². The lowest BCUT2D eigenvalue weighted by Crippen LogP contribution is -2.43. The summed E-state index contributed by atoms with van der Waals surface area (Å²) in [6, 6.07) is 3.20. The SMILES string of the molecule is CNC(=O)N(N)c1ccc(F)cc1OC. The monoisotopic (exact) mass is 213 g/mol. The number of carbonyl (C=O) groups is 1. The first kappa shape index (κ1) is 11.3. The van der Waals surface area contributed by atoms with Crippen molar-refractivity contribution >= 4 is 11.7 Å². The fraction of sp³-hybridized carbons (Fsp3) is 0.222. The number of carbonyl (C=O) groups excluding carboxylic acids is 1. The van der Waals surface area contributed by atoms with Gasteiger partial charge in [-0.2, -0.15) is 0 Å². The van der Waals surface area contributed by atoms with Gasteiger partial charge in [-0.05, 0) is 12.1 Å². The normalized spacial score (nSPS) is 9.60. The molecule has 2 amide bonds. The molecule has 1 aromatic rings. The predicted octanol–water partition coefficient (Wildman–Crippen LogP) is 0.854. The van der Waals surface area contributed by atoms with Crippen LogP contribution in [0.1, 0.15) is 0 Å². The number of amides is 2. The van der Waals surface area contributed by atoms with Crippen LogP contribution in [-0.2, 0) is 0 Å². The van der Waals surface area contributed by atoms with Crippen LogP contribution in [0.2, 0.25) is 0 Å². The number of rotatable bonds is 2. The van der Waals surface area contributed by atoms with E-state index in [0.717, 1.165) is 11.1 Å². The van der Waals surface area contributed by atoms with Gasteiger partial charge in [0, 0.05) is 13.1 Å². The highest BCUT2D eigenvalue weighted by Gasteiger charge is 2.14. The largest absolute Gasteiger partial charge is 0.494 e. The summed E-state index contributed by atoms with van der Waals surface area (Å²) < 4.78 is 17.7. The Morgan fingerprint density at radius 1 is 1.60 bits per heavy atom. The van der Waals surface area contributed by atoms with Crippen LogP contribution in [0.4, 0.5) is 14.9 Å². The zero-order valence-corrected chi connectivity index (χ0v) is 8.45. The second kappa shape index (κ2) is 4.61. The number of methoxy groups -OCH3 is 1. The maximum absolute atomic E-state index is 12.8. The van der Waals surface area contributed by atoms with Crippen molar-refractivity contribution in [1.82, 2.24) is 5.32 Å². The number of benzene rings is 1. The van der Waals surface area contributed by atoms with Gasteiger partial charge in [-0.15, -0.1) is 0 Å². The zero-order valence-electron chi connectivity index (χ0n) is 8.45. The lowest BCUT2D eigenvalue weighted by molar-refractivity contribution is 0.248. The molecule has 0 aromatic heterocycles. The second-order valence-electron chi connectivity index (χ2n) is 2.74. The van der Waals surface area contributed by atoms with Crippen LogP contribution in [0.25, 0.3) is 0 Å². The molecule has 0 bridgehead atoms. The van der Waals surface area contributed by atoms with Crippen molar-refractivity contribution < 1.29 is 13.9 Å². The molecule has 6 heteroatoms. The number of nitrogens with one attached hydrogen (secondary N) is 1. The summed E-state index contributed by atoms with van der Waals surface area (Å²) in [5, 5.41) is 3.19. The minimum absolute atomic E-state index is 0.195. The van der Waals surface area contributed by atoms with Crippen LogP contribution in [-0.4, -0.2) is 20.2 Å². The zero-order chi connectivity index (χ0) is 11.4. The summed E-state index contributed by atoms with van der Waals surface area (Å²) in [5.41, 5.74) is 0.290. The number of hydrogen-bond donors (Lipinski definition) is 2. The summed E-state index contributed by atoms with van der Waals surface area (Å²) in [7, 11) is 2.81. The average Bonchev–Trinajstić information content (AvgIpc) is 2.26. The molecule has 1 rings (SSSR count). The van der Waals surface area contributed by atoms with Gasteiger partial charge in [-0.1, -0.05) is 0 Å². The lowest BCUT2D eigenvalue weighted by atomic mass is 10.3. The number of halogens is 1. The first-order valence-electron chi connectivity index (χ1n) is 4.20. The summed E-state index contributed by atoms with van der Waals surface area (Å²) in [5.74, 6) is 5.23. The van der Waals surface area contributed by atoms with Crippen LogP contribution >= 0.6 is 0 Å². The van der Waals surface area contributed by atoms with Gasteiger partial charge in [-0.25, -0.2) is 20.0 Å².